The molecule has 1 atom stereocenters. The van der Waals surface area contributed by atoms with Crippen molar-refractivity contribution in [2.75, 3.05) is 26.3 Å². The number of aliphatic hydroxyl groups excluding tert-OH is 2. The summed E-state index contributed by atoms with van der Waals surface area (Å²) in [6.07, 6.45) is 7.16. The van der Waals surface area contributed by atoms with E-state index >= 15 is 0 Å². The van der Waals surface area contributed by atoms with Crippen LogP contribution in [0, 0.1) is 0 Å². The number of rotatable bonds is 16. The Bertz CT molecular complexity index is 318. The molecule has 7 nitrogen and oxygen atoms in total. The lowest BCUT2D eigenvalue weighted by molar-refractivity contribution is -0.144. The molecule has 0 amide bonds. The molecule has 0 aromatic carbocycles. The molecule has 0 saturated heterocycles. The van der Waals surface area contributed by atoms with Gasteiger partial charge in [-0.3, -0.25) is 14.5 Å². The van der Waals surface area contributed by atoms with Gasteiger partial charge in [0.1, 0.15) is 6.04 Å². The van der Waals surface area contributed by atoms with E-state index in [4.69, 9.17) is 15.3 Å². The maximum Gasteiger partial charge on any atom is 0.320 e. The van der Waals surface area contributed by atoms with Gasteiger partial charge in [-0.25, -0.2) is 0 Å². The molecule has 0 radical (unpaired) electrons. The second kappa shape index (κ2) is 14.4. The van der Waals surface area contributed by atoms with Crippen molar-refractivity contribution < 1.29 is 30.0 Å². The summed E-state index contributed by atoms with van der Waals surface area (Å²) in [4.78, 5) is 23.3. The molecule has 0 aliphatic heterocycles. The van der Waals surface area contributed by atoms with Crippen molar-refractivity contribution in [2.45, 2.75) is 63.8 Å². The Hall–Kier alpha value is -1.18. The molecule has 7 heteroatoms. The monoisotopic (exact) mass is 333 g/mol. The topological polar surface area (TPSA) is 118 Å². The first kappa shape index (κ1) is 21.8. The van der Waals surface area contributed by atoms with Crippen LogP contribution in [0.15, 0.2) is 0 Å². The number of aliphatic hydroxyl groups is 2. The highest BCUT2D eigenvalue weighted by Crippen LogP contribution is 2.13. The number of carboxylic acids is 2. The van der Waals surface area contributed by atoms with Crippen LogP contribution in [0.4, 0.5) is 0 Å². The Morgan fingerprint density at radius 2 is 1.26 bits per heavy atom. The van der Waals surface area contributed by atoms with Crippen LogP contribution >= 0.6 is 0 Å². The van der Waals surface area contributed by atoms with Crippen LogP contribution in [-0.2, 0) is 9.59 Å². The Labute approximate surface area is 137 Å². The fourth-order valence-corrected chi connectivity index (χ4v) is 2.64. The average molecular weight is 333 g/mol. The Morgan fingerprint density at radius 1 is 0.783 bits per heavy atom. The van der Waals surface area contributed by atoms with E-state index in [0.29, 0.717) is 12.8 Å². The van der Waals surface area contributed by atoms with Crippen molar-refractivity contribution in [2.24, 2.45) is 0 Å². The zero-order chi connectivity index (χ0) is 17.5. The number of aliphatic carboxylic acids is 2. The number of carbonyl (C=O) groups is 2. The first-order valence-corrected chi connectivity index (χ1v) is 8.43. The second-order valence-corrected chi connectivity index (χ2v) is 5.74. The molecule has 23 heavy (non-hydrogen) atoms. The normalized spacial score (nSPS) is 12.5. The molecular formula is C16H31NO6. The van der Waals surface area contributed by atoms with Gasteiger partial charge < -0.3 is 20.4 Å². The zero-order valence-electron chi connectivity index (χ0n) is 13.8. The number of nitrogens with zero attached hydrogens (tertiary/aromatic N) is 1. The van der Waals surface area contributed by atoms with Gasteiger partial charge in [-0.05, 0) is 12.8 Å². The Kier molecular flexibility index (Phi) is 13.7. The summed E-state index contributed by atoms with van der Waals surface area (Å²) in [6, 6.07) is -0.662. The van der Waals surface area contributed by atoms with Gasteiger partial charge in [-0.15, -0.1) is 0 Å². The first-order chi connectivity index (χ1) is 11.0. The highest BCUT2D eigenvalue weighted by Gasteiger charge is 2.24. The second-order valence-electron chi connectivity index (χ2n) is 5.74. The average Bonchev–Trinajstić information content (AvgIpc) is 2.48. The minimum atomic E-state index is -0.916. The van der Waals surface area contributed by atoms with E-state index in [1.807, 2.05) is 0 Å². The van der Waals surface area contributed by atoms with Gasteiger partial charge in [-0.2, -0.15) is 0 Å². The molecule has 0 aromatic rings. The third kappa shape index (κ3) is 12.0. The van der Waals surface area contributed by atoms with Crippen molar-refractivity contribution in [1.29, 1.82) is 0 Å². The van der Waals surface area contributed by atoms with Gasteiger partial charge >= 0.3 is 11.9 Å². The molecule has 0 heterocycles. The van der Waals surface area contributed by atoms with Crippen molar-refractivity contribution in [3.8, 4) is 0 Å². The summed E-state index contributed by atoms with van der Waals surface area (Å²) >= 11 is 0. The van der Waals surface area contributed by atoms with Crippen LogP contribution < -0.4 is 0 Å². The maximum atomic E-state index is 11.3. The van der Waals surface area contributed by atoms with E-state index < -0.39 is 18.0 Å². The number of hydrogen-bond donors (Lipinski definition) is 4. The van der Waals surface area contributed by atoms with Crippen LogP contribution in [0.25, 0.3) is 0 Å². The highest BCUT2D eigenvalue weighted by molar-refractivity contribution is 5.73. The van der Waals surface area contributed by atoms with Gasteiger partial charge in [0.25, 0.3) is 0 Å². The van der Waals surface area contributed by atoms with E-state index in [-0.39, 0.29) is 32.7 Å². The minimum Gasteiger partial charge on any atom is -0.481 e. The first-order valence-electron chi connectivity index (χ1n) is 8.43. The molecule has 0 spiro atoms. The predicted molar refractivity (Wildman–Crippen MR) is 86.4 cm³/mol. The van der Waals surface area contributed by atoms with Crippen molar-refractivity contribution in [3.05, 3.63) is 0 Å². The van der Waals surface area contributed by atoms with Crippen LogP contribution in [0.3, 0.4) is 0 Å². The van der Waals surface area contributed by atoms with E-state index in [1.54, 1.807) is 4.90 Å². The third-order valence-electron chi connectivity index (χ3n) is 3.87. The van der Waals surface area contributed by atoms with Crippen molar-refractivity contribution in [1.82, 2.24) is 4.90 Å². The van der Waals surface area contributed by atoms with Crippen molar-refractivity contribution in [3.63, 3.8) is 0 Å². The summed E-state index contributed by atoms with van der Waals surface area (Å²) in [5.41, 5.74) is 0. The lowest BCUT2D eigenvalue weighted by Crippen LogP contribution is -2.44. The molecule has 0 aliphatic carbocycles. The Morgan fingerprint density at radius 3 is 1.70 bits per heavy atom. The van der Waals surface area contributed by atoms with Crippen LogP contribution in [0.2, 0.25) is 0 Å². The largest absolute Gasteiger partial charge is 0.481 e. The van der Waals surface area contributed by atoms with Crippen LogP contribution in [-0.4, -0.2) is 69.6 Å². The molecule has 0 fully saturated rings. The molecule has 0 aromatic heterocycles. The molecule has 0 bridgehead atoms. The molecule has 0 saturated carbocycles. The van der Waals surface area contributed by atoms with Gasteiger partial charge in [0, 0.05) is 19.5 Å². The predicted octanol–water partition coefficient (Wildman–Crippen LogP) is 1.32. The lowest BCUT2D eigenvalue weighted by Gasteiger charge is -2.27. The SMILES string of the molecule is O=C(O)CCCCCCCCCC(C(=O)O)N(CCO)CCO. The van der Waals surface area contributed by atoms with E-state index in [2.05, 4.69) is 0 Å². The molecule has 1 unspecified atom stereocenters. The molecule has 136 valence electrons. The summed E-state index contributed by atoms with van der Waals surface area (Å²) in [7, 11) is 0. The fourth-order valence-electron chi connectivity index (χ4n) is 2.64. The van der Waals surface area contributed by atoms with Gasteiger partial charge in [0.05, 0.1) is 13.2 Å². The molecule has 0 aliphatic rings. The number of carboxylic acid groups (broad SMARTS) is 2. The maximum absolute atomic E-state index is 11.3. The lowest BCUT2D eigenvalue weighted by atomic mass is 10.0. The zero-order valence-corrected chi connectivity index (χ0v) is 13.8. The number of hydrogen-bond acceptors (Lipinski definition) is 5. The molecule has 4 N–H and O–H groups in total. The van der Waals surface area contributed by atoms with Gasteiger partial charge in [0.2, 0.25) is 0 Å². The van der Waals surface area contributed by atoms with Gasteiger partial charge in [-0.1, -0.05) is 38.5 Å². The van der Waals surface area contributed by atoms with Crippen LogP contribution in [0.5, 0.6) is 0 Å². The standard InChI is InChI=1S/C16H31NO6/c18-12-10-17(11-13-19)14(16(22)23)8-6-4-2-1-3-5-7-9-15(20)21/h14,18-19H,1-13H2,(H,20,21)(H,22,23). The smallest absolute Gasteiger partial charge is 0.320 e. The highest BCUT2D eigenvalue weighted by atomic mass is 16.4. The van der Waals surface area contributed by atoms with E-state index in [9.17, 15) is 14.7 Å². The van der Waals surface area contributed by atoms with Crippen molar-refractivity contribution >= 4 is 11.9 Å². The quantitative estimate of drug-likeness (QED) is 0.315. The molecular weight excluding hydrogens is 302 g/mol. The molecule has 0 rings (SSSR count). The van der Waals surface area contributed by atoms with E-state index in [0.717, 1.165) is 38.5 Å². The van der Waals surface area contributed by atoms with Crippen LogP contribution in [0.1, 0.15) is 57.8 Å². The fraction of sp³-hybridized carbons (Fsp3) is 0.875. The summed E-state index contributed by atoms with van der Waals surface area (Å²) < 4.78 is 0. The summed E-state index contributed by atoms with van der Waals surface area (Å²) in [5.74, 6) is -1.67. The van der Waals surface area contributed by atoms with Gasteiger partial charge in [0.15, 0.2) is 0 Å². The third-order valence-corrected chi connectivity index (χ3v) is 3.87. The minimum absolute atomic E-state index is 0.125. The number of unbranched alkanes of at least 4 members (excludes halogenated alkanes) is 6. The summed E-state index contributed by atoms with van der Waals surface area (Å²) in [5, 5.41) is 35.8. The van der Waals surface area contributed by atoms with E-state index in [1.165, 1.54) is 0 Å². The Balaban J connectivity index is 3.83. The summed E-state index contributed by atoms with van der Waals surface area (Å²) in [6.45, 7) is 0.252.